The van der Waals surface area contributed by atoms with Crippen LogP contribution in [0.15, 0.2) is 47.4 Å². The Labute approximate surface area is 152 Å². The predicted molar refractivity (Wildman–Crippen MR) is 98.7 cm³/mol. The number of aliphatic hydroxyl groups excluding tert-OH is 1. The number of nitrogens with zero attached hydrogens (tertiary/aromatic N) is 2. The Balaban J connectivity index is 1.61. The zero-order chi connectivity index (χ0) is 18.5. The van der Waals surface area contributed by atoms with E-state index in [0.29, 0.717) is 25.8 Å². The van der Waals surface area contributed by atoms with Crippen LogP contribution in [-0.4, -0.2) is 32.7 Å². The summed E-state index contributed by atoms with van der Waals surface area (Å²) < 4.78 is 1.61. The Morgan fingerprint density at radius 3 is 2.77 bits per heavy atom. The van der Waals surface area contributed by atoms with E-state index in [1.54, 1.807) is 16.8 Å². The number of hydrogen-bond donors (Lipinski definition) is 2. The summed E-state index contributed by atoms with van der Waals surface area (Å²) in [7, 11) is 0. The highest BCUT2D eigenvalue weighted by atomic mass is 16.3. The van der Waals surface area contributed by atoms with Crippen LogP contribution in [0.1, 0.15) is 30.7 Å². The molecule has 2 aromatic rings. The van der Waals surface area contributed by atoms with Gasteiger partial charge in [0, 0.05) is 49.1 Å². The molecule has 1 saturated carbocycles. The molecule has 1 fully saturated rings. The van der Waals surface area contributed by atoms with E-state index in [1.807, 2.05) is 31.2 Å². The molecule has 6 nitrogen and oxygen atoms in total. The lowest BCUT2D eigenvalue weighted by Crippen LogP contribution is -2.48. The number of hydrogen-bond acceptors (Lipinski definition) is 4. The van der Waals surface area contributed by atoms with Crippen LogP contribution in [0, 0.1) is 12.8 Å². The Morgan fingerprint density at radius 1 is 1.31 bits per heavy atom. The first-order valence-corrected chi connectivity index (χ1v) is 9.06. The van der Waals surface area contributed by atoms with Gasteiger partial charge in [0.15, 0.2) is 0 Å². The number of carbonyl (C=O) groups is 1. The summed E-state index contributed by atoms with van der Waals surface area (Å²) in [6, 6.07) is 10.8. The quantitative estimate of drug-likeness (QED) is 0.787. The van der Waals surface area contributed by atoms with Gasteiger partial charge < -0.3 is 15.0 Å². The summed E-state index contributed by atoms with van der Waals surface area (Å²) in [5.41, 5.74) is 1.68. The average Bonchev–Trinajstić information content (AvgIpc) is 2.59. The first-order valence-electron chi connectivity index (χ1n) is 9.06. The maximum Gasteiger partial charge on any atom is 0.250 e. The lowest BCUT2D eigenvalue weighted by molar-refractivity contribution is -0.123. The molecule has 0 radical (unpaired) electrons. The van der Waals surface area contributed by atoms with Crippen LogP contribution < -0.4 is 10.9 Å². The van der Waals surface area contributed by atoms with Gasteiger partial charge in [0.25, 0.3) is 5.56 Å². The third-order valence-corrected chi connectivity index (χ3v) is 5.05. The molecule has 1 amide bonds. The summed E-state index contributed by atoms with van der Waals surface area (Å²) in [4.78, 5) is 28.7. The lowest BCUT2D eigenvalue weighted by atomic mass is 9.76. The standard InChI is InChI=1S/C20H25N3O3/c1-14-5-4-7-20(26)23(14)10-8-19(25)22-18(15-11-17(24)12-15)13-16-6-2-3-9-21-16/h2-7,9,15,17-18,24H,8,10-13H2,1H3,(H,22,25). The van der Waals surface area contributed by atoms with Gasteiger partial charge >= 0.3 is 0 Å². The number of nitrogens with one attached hydrogen (secondary N) is 1. The van der Waals surface area contributed by atoms with Crippen molar-refractivity contribution in [3.63, 3.8) is 0 Å². The zero-order valence-electron chi connectivity index (χ0n) is 15.0. The maximum atomic E-state index is 12.5. The summed E-state index contributed by atoms with van der Waals surface area (Å²) in [6.07, 6.45) is 3.78. The van der Waals surface area contributed by atoms with Crippen molar-refractivity contribution >= 4 is 5.91 Å². The van der Waals surface area contributed by atoms with Crippen molar-refractivity contribution < 1.29 is 9.90 Å². The molecule has 0 spiro atoms. The molecule has 26 heavy (non-hydrogen) atoms. The van der Waals surface area contributed by atoms with Gasteiger partial charge in [-0.3, -0.25) is 14.6 Å². The van der Waals surface area contributed by atoms with Gasteiger partial charge in [-0.05, 0) is 43.9 Å². The first-order chi connectivity index (χ1) is 12.5. The largest absolute Gasteiger partial charge is 0.393 e. The molecule has 0 aromatic carbocycles. The van der Waals surface area contributed by atoms with E-state index in [9.17, 15) is 14.7 Å². The van der Waals surface area contributed by atoms with Gasteiger partial charge in [0.1, 0.15) is 0 Å². The highest BCUT2D eigenvalue weighted by Gasteiger charge is 2.34. The fourth-order valence-electron chi connectivity index (χ4n) is 3.44. The molecule has 1 aliphatic carbocycles. The molecule has 2 heterocycles. The normalized spacial score (nSPS) is 20.2. The lowest BCUT2D eigenvalue weighted by Gasteiger charge is -2.38. The Kier molecular flexibility index (Phi) is 5.83. The van der Waals surface area contributed by atoms with Crippen molar-refractivity contribution in [1.82, 2.24) is 14.9 Å². The molecule has 0 aliphatic heterocycles. The van der Waals surface area contributed by atoms with Crippen LogP contribution in [0.4, 0.5) is 0 Å². The van der Waals surface area contributed by atoms with Crippen molar-refractivity contribution in [3.05, 3.63) is 64.3 Å². The smallest absolute Gasteiger partial charge is 0.250 e. The number of aryl methyl sites for hydroxylation is 1. The molecule has 0 bridgehead atoms. The van der Waals surface area contributed by atoms with Crippen LogP contribution in [0.5, 0.6) is 0 Å². The maximum absolute atomic E-state index is 12.5. The molecule has 0 saturated heterocycles. The molecule has 1 aliphatic rings. The van der Waals surface area contributed by atoms with E-state index in [4.69, 9.17) is 0 Å². The fraction of sp³-hybridized carbons (Fsp3) is 0.450. The Bertz CT molecular complexity index is 797. The van der Waals surface area contributed by atoms with E-state index < -0.39 is 0 Å². The minimum atomic E-state index is -0.270. The predicted octanol–water partition coefficient (Wildman–Crippen LogP) is 1.44. The van der Waals surface area contributed by atoms with E-state index in [1.165, 1.54) is 6.07 Å². The first kappa shape index (κ1) is 18.3. The summed E-state index contributed by atoms with van der Waals surface area (Å²) in [5, 5.41) is 12.7. The fourth-order valence-corrected chi connectivity index (χ4v) is 3.44. The molecule has 3 rings (SSSR count). The number of amides is 1. The van der Waals surface area contributed by atoms with Crippen LogP contribution in [0.2, 0.25) is 0 Å². The van der Waals surface area contributed by atoms with Crippen molar-refractivity contribution in [3.8, 4) is 0 Å². The van der Waals surface area contributed by atoms with E-state index in [2.05, 4.69) is 10.3 Å². The molecule has 2 aromatic heterocycles. The second-order valence-corrected chi connectivity index (χ2v) is 6.99. The molecule has 6 heteroatoms. The third-order valence-electron chi connectivity index (χ3n) is 5.05. The Hall–Kier alpha value is -2.47. The van der Waals surface area contributed by atoms with E-state index in [-0.39, 0.29) is 36.0 Å². The summed E-state index contributed by atoms with van der Waals surface area (Å²) >= 11 is 0. The number of rotatable bonds is 7. The van der Waals surface area contributed by atoms with Gasteiger partial charge in [-0.25, -0.2) is 0 Å². The van der Waals surface area contributed by atoms with Crippen LogP contribution >= 0.6 is 0 Å². The van der Waals surface area contributed by atoms with Gasteiger partial charge in [-0.1, -0.05) is 12.1 Å². The molecule has 2 N–H and O–H groups in total. The number of carbonyl (C=O) groups excluding carboxylic acids is 1. The molecule has 138 valence electrons. The third kappa shape index (κ3) is 4.58. The van der Waals surface area contributed by atoms with Gasteiger partial charge in [-0.2, -0.15) is 0 Å². The van der Waals surface area contributed by atoms with Gasteiger partial charge in [0.05, 0.1) is 6.10 Å². The van der Waals surface area contributed by atoms with Crippen molar-refractivity contribution in [2.45, 2.75) is 51.3 Å². The van der Waals surface area contributed by atoms with Crippen molar-refractivity contribution in [1.29, 1.82) is 0 Å². The van der Waals surface area contributed by atoms with Gasteiger partial charge in [0.2, 0.25) is 5.91 Å². The number of aliphatic hydroxyl groups is 1. The summed E-state index contributed by atoms with van der Waals surface area (Å²) in [6.45, 7) is 2.22. The molecular weight excluding hydrogens is 330 g/mol. The minimum Gasteiger partial charge on any atom is -0.393 e. The zero-order valence-corrected chi connectivity index (χ0v) is 15.0. The minimum absolute atomic E-state index is 0.0469. The second kappa shape index (κ2) is 8.27. The van der Waals surface area contributed by atoms with Crippen molar-refractivity contribution in [2.75, 3.05) is 0 Å². The number of aromatic nitrogens is 2. The molecule has 1 unspecified atom stereocenters. The average molecular weight is 355 g/mol. The number of pyridine rings is 2. The Morgan fingerprint density at radius 2 is 2.12 bits per heavy atom. The topological polar surface area (TPSA) is 84.2 Å². The summed E-state index contributed by atoms with van der Waals surface area (Å²) in [5.74, 6) is 0.180. The second-order valence-electron chi connectivity index (χ2n) is 6.99. The monoisotopic (exact) mass is 355 g/mol. The van der Waals surface area contributed by atoms with E-state index >= 15 is 0 Å². The molecule has 1 atom stereocenters. The van der Waals surface area contributed by atoms with Crippen molar-refractivity contribution in [2.24, 2.45) is 5.92 Å². The van der Waals surface area contributed by atoms with Crippen LogP contribution in [-0.2, 0) is 17.8 Å². The highest BCUT2D eigenvalue weighted by Crippen LogP contribution is 2.31. The van der Waals surface area contributed by atoms with Crippen LogP contribution in [0.25, 0.3) is 0 Å². The van der Waals surface area contributed by atoms with E-state index in [0.717, 1.165) is 11.4 Å². The van der Waals surface area contributed by atoms with Crippen LogP contribution in [0.3, 0.4) is 0 Å². The SMILES string of the molecule is Cc1cccc(=O)n1CCC(=O)NC(Cc1ccccn1)C1CC(O)C1. The molecular formula is C20H25N3O3. The highest BCUT2D eigenvalue weighted by molar-refractivity contribution is 5.76. The van der Waals surface area contributed by atoms with Gasteiger partial charge in [-0.15, -0.1) is 0 Å².